The minimum Gasteiger partial charge on any atom is -0.325 e. The van der Waals surface area contributed by atoms with Crippen LogP contribution in [0.5, 0.6) is 0 Å². The first-order valence-electron chi connectivity index (χ1n) is 8.49. The van der Waals surface area contributed by atoms with Crippen molar-refractivity contribution in [3.8, 4) is 11.1 Å². The fourth-order valence-corrected chi connectivity index (χ4v) is 3.39. The van der Waals surface area contributed by atoms with Gasteiger partial charge in [0.2, 0.25) is 5.91 Å². The molecule has 0 radical (unpaired) electrons. The molecule has 1 aliphatic rings. The van der Waals surface area contributed by atoms with E-state index in [9.17, 15) is 4.79 Å². The maximum absolute atomic E-state index is 12.6. The Balaban J connectivity index is 1.54. The molecule has 0 fully saturated rings. The summed E-state index contributed by atoms with van der Waals surface area (Å²) in [5, 5.41) is 13.2. The molecule has 0 aliphatic carbocycles. The number of nitrogens with zero attached hydrogens (tertiary/aromatic N) is 1. The Morgan fingerprint density at radius 2 is 2.08 bits per heavy atom. The van der Waals surface area contributed by atoms with Crippen LogP contribution in [0.4, 0.5) is 5.69 Å². The minimum absolute atomic E-state index is 0.00266. The standard InChI is InChI=1S/C20H20N4O/c25-20(10-14-4-3-5-15-11-21-9-8-17(14)15)24-19-7-2-1-6-18(19)16-12-22-23-13-16/h1-7,12-13,21H,8-11H2,(H,22,23)(H,24,25). The number of hydrogen-bond donors (Lipinski definition) is 3. The Kier molecular flexibility index (Phi) is 4.31. The average molecular weight is 332 g/mol. The van der Waals surface area contributed by atoms with Crippen molar-refractivity contribution >= 4 is 11.6 Å². The summed E-state index contributed by atoms with van der Waals surface area (Å²) in [7, 11) is 0. The van der Waals surface area contributed by atoms with E-state index in [1.165, 1.54) is 11.1 Å². The van der Waals surface area contributed by atoms with E-state index in [0.717, 1.165) is 41.9 Å². The molecule has 2 heterocycles. The Bertz CT molecular complexity index is 886. The highest BCUT2D eigenvalue weighted by molar-refractivity contribution is 5.96. The normalized spacial score (nSPS) is 13.3. The summed E-state index contributed by atoms with van der Waals surface area (Å²) < 4.78 is 0. The number of fused-ring (bicyclic) bond motifs is 1. The van der Waals surface area contributed by atoms with Crippen LogP contribution in [-0.4, -0.2) is 22.6 Å². The summed E-state index contributed by atoms with van der Waals surface area (Å²) in [6.07, 6.45) is 4.95. The van der Waals surface area contributed by atoms with Crippen LogP contribution < -0.4 is 10.6 Å². The van der Waals surface area contributed by atoms with Crippen LogP contribution in [-0.2, 0) is 24.2 Å². The summed E-state index contributed by atoms with van der Waals surface area (Å²) in [6, 6.07) is 14.0. The van der Waals surface area contributed by atoms with Crippen LogP contribution in [0.1, 0.15) is 16.7 Å². The lowest BCUT2D eigenvalue weighted by atomic mass is 9.93. The number of carbonyl (C=O) groups is 1. The largest absolute Gasteiger partial charge is 0.325 e. The molecule has 0 spiro atoms. The van der Waals surface area contributed by atoms with E-state index >= 15 is 0 Å². The average Bonchev–Trinajstić information content (AvgIpc) is 3.17. The van der Waals surface area contributed by atoms with Crippen LogP contribution in [0.2, 0.25) is 0 Å². The van der Waals surface area contributed by atoms with Gasteiger partial charge in [-0.15, -0.1) is 0 Å². The Hall–Kier alpha value is -2.92. The van der Waals surface area contributed by atoms with Gasteiger partial charge in [0, 0.05) is 29.6 Å². The molecule has 0 bridgehead atoms. The zero-order chi connectivity index (χ0) is 17.1. The molecule has 1 aromatic heterocycles. The molecule has 0 saturated heterocycles. The van der Waals surface area contributed by atoms with Crippen LogP contribution >= 0.6 is 0 Å². The molecular weight excluding hydrogens is 312 g/mol. The summed E-state index contributed by atoms with van der Waals surface area (Å²) in [6.45, 7) is 1.85. The SMILES string of the molecule is O=C(Cc1cccc2c1CCNC2)Nc1ccccc1-c1cn[nH]c1. The van der Waals surface area contributed by atoms with E-state index in [4.69, 9.17) is 0 Å². The van der Waals surface area contributed by atoms with Crippen molar-refractivity contribution in [1.29, 1.82) is 0 Å². The van der Waals surface area contributed by atoms with Crippen molar-refractivity contribution in [2.24, 2.45) is 0 Å². The lowest BCUT2D eigenvalue weighted by Crippen LogP contribution is -2.25. The molecule has 1 amide bonds. The lowest BCUT2D eigenvalue weighted by molar-refractivity contribution is -0.115. The van der Waals surface area contributed by atoms with Gasteiger partial charge in [-0.2, -0.15) is 5.10 Å². The summed E-state index contributed by atoms with van der Waals surface area (Å²) in [5.74, 6) is 0.00266. The van der Waals surface area contributed by atoms with Gasteiger partial charge in [-0.1, -0.05) is 36.4 Å². The highest BCUT2D eigenvalue weighted by atomic mass is 16.1. The zero-order valence-corrected chi connectivity index (χ0v) is 13.9. The third-order valence-electron chi connectivity index (χ3n) is 4.60. The fourth-order valence-electron chi connectivity index (χ4n) is 3.39. The van der Waals surface area contributed by atoms with Gasteiger partial charge in [0.15, 0.2) is 0 Å². The van der Waals surface area contributed by atoms with E-state index in [0.29, 0.717) is 6.42 Å². The number of anilines is 1. The van der Waals surface area contributed by atoms with Crippen molar-refractivity contribution in [2.45, 2.75) is 19.4 Å². The molecule has 5 heteroatoms. The maximum atomic E-state index is 12.6. The number of carbonyl (C=O) groups excluding carboxylic acids is 1. The van der Waals surface area contributed by atoms with E-state index in [-0.39, 0.29) is 5.91 Å². The van der Waals surface area contributed by atoms with Crippen molar-refractivity contribution in [1.82, 2.24) is 15.5 Å². The highest BCUT2D eigenvalue weighted by Gasteiger charge is 2.15. The van der Waals surface area contributed by atoms with E-state index in [1.54, 1.807) is 6.20 Å². The minimum atomic E-state index is 0.00266. The topological polar surface area (TPSA) is 69.8 Å². The Morgan fingerprint density at radius 1 is 1.16 bits per heavy atom. The number of H-pyrrole nitrogens is 1. The van der Waals surface area contributed by atoms with Gasteiger partial charge >= 0.3 is 0 Å². The molecule has 2 aromatic carbocycles. The van der Waals surface area contributed by atoms with E-state index < -0.39 is 0 Å². The first-order valence-corrected chi connectivity index (χ1v) is 8.49. The number of hydrogen-bond acceptors (Lipinski definition) is 3. The number of benzene rings is 2. The van der Waals surface area contributed by atoms with Crippen molar-refractivity contribution in [3.63, 3.8) is 0 Å². The van der Waals surface area contributed by atoms with Crippen LogP contribution in [0.3, 0.4) is 0 Å². The van der Waals surface area contributed by atoms with Crippen molar-refractivity contribution < 1.29 is 4.79 Å². The summed E-state index contributed by atoms with van der Waals surface area (Å²) >= 11 is 0. The van der Waals surface area contributed by atoms with Gasteiger partial charge in [0.05, 0.1) is 12.6 Å². The molecule has 126 valence electrons. The Labute approximate surface area is 146 Å². The zero-order valence-electron chi connectivity index (χ0n) is 13.9. The third-order valence-corrected chi connectivity index (χ3v) is 4.60. The van der Waals surface area contributed by atoms with Crippen LogP contribution in [0.15, 0.2) is 54.9 Å². The highest BCUT2D eigenvalue weighted by Crippen LogP contribution is 2.27. The van der Waals surface area contributed by atoms with Crippen molar-refractivity contribution in [3.05, 3.63) is 71.5 Å². The number of para-hydroxylation sites is 1. The number of aromatic amines is 1. The first kappa shape index (κ1) is 15.6. The van der Waals surface area contributed by atoms with E-state index in [1.807, 2.05) is 36.5 Å². The maximum Gasteiger partial charge on any atom is 0.228 e. The molecule has 0 atom stereocenters. The smallest absolute Gasteiger partial charge is 0.228 e. The lowest BCUT2D eigenvalue weighted by Gasteiger charge is -2.20. The summed E-state index contributed by atoms with van der Waals surface area (Å²) in [4.78, 5) is 12.6. The monoisotopic (exact) mass is 332 g/mol. The number of amides is 1. The molecule has 1 aliphatic heterocycles. The first-order chi connectivity index (χ1) is 12.3. The molecule has 0 unspecified atom stereocenters. The van der Waals surface area contributed by atoms with Gasteiger partial charge in [-0.05, 0) is 35.7 Å². The fraction of sp³-hybridized carbons (Fsp3) is 0.200. The second-order valence-corrected chi connectivity index (χ2v) is 6.24. The quantitative estimate of drug-likeness (QED) is 0.688. The van der Waals surface area contributed by atoms with E-state index in [2.05, 4.69) is 33.0 Å². The second-order valence-electron chi connectivity index (χ2n) is 6.24. The molecule has 5 nitrogen and oxygen atoms in total. The molecule has 4 rings (SSSR count). The van der Waals surface area contributed by atoms with Gasteiger partial charge in [-0.3, -0.25) is 9.89 Å². The van der Waals surface area contributed by atoms with Gasteiger partial charge in [0.25, 0.3) is 0 Å². The Morgan fingerprint density at radius 3 is 2.96 bits per heavy atom. The molecule has 3 aromatic rings. The molecule has 25 heavy (non-hydrogen) atoms. The third kappa shape index (κ3) is 3.32. The van der Waals surface area contributed by atoms with Crippen LogP contribution in [0.25, 0.3) is 11.1 Å². The van der Waals surface area contributed by atoms with Gasteiger partial charge in [0.1, 0.15) is 0 Å². The number of aromatic nitrogens is 2. The molecule has 0 saturated carbocycles. The van der Waals surface area contributed by atoms with Gasteiger partial charge in [-0.25, -0.2) is 0 Å². The predicted octanol–water partition coefficient (Wildman–Crippen LogP) is 2.90. The van der Waals surface area contributed by atoms with Crippen LogP contribution in [0, 0.1) is 0 Å². The molecular formula is C20H20N4O. The van der Waals surface area contributed by atoms with Crippen molar-refractivity contribution in [2.75, 3.05) is 11.9 Å². The summed E-state index contributed by atoms with van der Waals surface area (Å²) in [5.41, 5.74) is 6.47. The van der Waals surface area contributed by atoms with Gasteiger partial charge < -0.3 is 10.6 Å². The number of nitrogens with one attached hydrogen (secondary N) is 3. The second kappa shape index (κ2) is 6.91. The number of rotatable bonds is 4. The molecule has 3 N–H and O–H groups in total. The predicted molar refractivity (Wildman–Crippen MR) is 98.2 cm³/mol.